The van der Waals surface area contributed by atoms with Crippen LogP contribution in [-0.4, -0.2) is 0 Å². The van der Waals surface area contributed by atoms with Crippen molar-refractivity contribution in [2.24, 2.45) is 0 Å². The molecule has 0 spiro atoms. The smallest absolute Gasteiger partial charge is 0.0455 e. The Morgan fingerprint density at radius 1 is 1.00 bits per heavy atom. The van der Waals surface area contributed by atoms with Crippen molar-refractivity contribution in [1.29, 1.82) is 0 Å². The molecule has 2 aromatic carbocycles. The second-order valence-corrected chi connectivity index (χ2v) is 5.17. The summed E-state index contributed by atoms with van der Waals surface area (Å²) in [5.74, 6) is 0. The first-order chi connectivity index (χ1) is 8.56. The van der Waals surface area contributed by atoms with Gasteiger partial charge in [0.1, 0.15) is 0 Å². The first-order valence-corrected chi connectivity index (χ1v) is 6.50. The van der Waals surface area contributed by atoms with Crippen LogP contribution in [0.5, 0.6) is 0 Å². The minimum Gasteiger partial charge on any atom is -0.381 e. The zero-order valence-electron chi connectivity index (χ0n) is 11.0. The van der Waals surface area contributed by atoms with Crippen molar-refractivity contribution >= 4 is 17.3 Å². The van der Waals surface area contributed by atoms with E-state index in [1.807, 2.05) is 19.1 Å². The molecule has 0 aliphatic carbocycles. The van der Waals surface area contributed by atoms with Crippen molar-refractivity contribution in [1.82, 2.24) is 0 Å². The number of benzene rings is 2. The maximum Gasteiger partial charge on any atom is 0.0455 e. The molecule has 1 N–H and O–H groups in total. The van der Waals surface area contributed by atoms with Crippen LogP contribution in [0.3, 0.4) is 0 Å². The molecule has 0 unspecified atom stereocenters. The molecule has 2 aromatic rings. The van der Waals surface area contributed by atoms with Crippen LogP contribution in [0.25, 0.3) is 0 Å². The molecular weight excluding hydrogens is 242 g/mol. The molecule has 0 amide bonds. The van der Waals surface area contributed by atoms with Gasteiger partial charge >= 0.3 is 0 Å². The lowest BCUT2D eigenvalue weighted by atomic mass is 10.1. The highest BCUT2D eigenvalue weighted by Gasteiger charge is 2.02. The van der Waals surface area contributed by atoms with Gasteiger partial charge in [-0.3, -0.25) is 0 Å². The van der Waals surface area contributed by atoms with Gasteiger partial charge in [0.2, 0.25) is 0 Å². The van der Waals surface area contributed by atoms with Gasteiger partial charge in [-0.05, 0) is 44.0 Å². The fourth-order valence-corrected chi connectivity index (χ4v) is 2.34. The largest absolute Gasteiger partial charge is 0.381 e. The van der Waals surface area contributed by atoms with E-state index in [1.54, 1.807) is 0 Å². The van der Waals surface area contributed by atoms with Gasteiger partial charge in [-0.15, -0.1) is 0 Å². The molecule has 2 rings (SSSR count). The minimum atomic E-state index is 0.806. The highest BCUT2D eigenvalue weighted by Crippen LogP contribution is 2.23. The van der Waals surface area contributed by atoms with Gasteiger partial charge in [0.05, 0.1) is 0 Å². The van der Waals surface area contributed by atoms with Crippen LogP contribution in [0.2, 0.25) is 5.02 Å². The van der Waals surface area contributed by atoms with E-state index >= 15 is 0 Å². The average molecular weight is 260 g/mol. The second kappa shape index (κ2) is 5.45. The maximum atomic E-state index is 6.11. The third-order valence-electron chi connectivity index (χ3n) is 3.03. The average Bonchev–Trinajstić information content (AvgIpc) is 2.30. The zero-order chi connectivity index (χ0) is 13.1. The third kappa shape index (κ3) is 3.05. The Kier molecular flexibility index (Phi) is 3.93. The van der Waals surface area contributed by atoms with Crippen LogP contribution in [0.15, 0.2) is 36.4 Å². The lowest BCUT2D eigenvalue weighted by molar-refractivity contribution is 1.12. The van der Waals surface area contributed by atoms with Crippen LogP contribution in [0.4, 0.5) is 5.69 Å². The van der Waals surface area contributed by atoms with E-state index < -0.39 is 0 Å². The van der Waals surface area contributed by atoms with Crippen molar-refractivity contribution in [2.45, 2.75) is 27.3 Å². The fourth-order valence-electron chi connectivity index (χ4n) is 2.17. The van der Waals surface area contributed by atoms with Crippen molar-refractivity contribution in [2.75, 3.05) is 5.32 Å². The van der Waals surface area contributed by atoms with E-state index in [9.17, 15) is 0 Å². The Balaban J connectivity index is 2.14. The standard InChI is InChI=1S/C16H18ClN/c1-11-7-12(2)9-14(8-11)10-18-16-6-4-5-15(17)13(16)3/h4-9,18H,10H2,1-3H3. The van der Waals surface area contributed by atoms with E-state index in [0.717, 1.165) is 22.8 Å². The van der Waals surface area contributed by atoms with Gasteiger partial charge in [0.25, 0.3) is 0 Å². The highest BCUT2D eigenvalue weighted by molar-refractivity contribution is 6.31. The molecule has 0 aromatic heterocycles. The summed E-state index contributed by atoms with van der Waals surface area (Å²) in [6, 6.07) is 12.6. The van der Waals surface area contributed by atoms with Gasteiger partial charge in [0, 0.05) is 17.3 Å². The molecule has 0 aliphatic rings. The van der Waals surface area contributed by atoms with Gasteiger partial charge in [-0.1, -0.05) is 47.0 Å². The summed E-state index contributed by atoms with van der Waals surface area (Å²) in [7, 11) is 0. The Labute approximate surface area is 114 Å². The number of rotatable bonds is 3. The molecule has 0 saturated carbocycles. The second-order valence-electron chi connectivity index (χ2n) is 4.76. The topological polar surface area (TPSA) is 12.0 Å². The van der Waals surface area contributed by atoms with Crippen molar-refractivity contribution < 1.29 is 0 Å². The first-order valence-electron chi connectivity index (χ1n) is 6.12. The Hall–Kier alpha value is -1.47. The fraction of sp³-hybridized carbons (Fsp3) is 0.250. The van der Waals surface area contributed by atoms with Crippen LogP contribution in [-0.2, 0) is 6.54 Å². The number of hydrogen-bond donors (Lipinski definition) is 1. The molecule has 94 valence electrons. The lowest BCUT2D eigenvalue weighted by Crippen LogP contribution is -2.01. The molecule has 2 heteroatoms. The van der Waals surface area contributed by atoms with Crippen molar-refractivity contribution in [3.05, 3.63) is 63.7 Å². The highest BCUT2D eigenvalue weighted by atomic mass is 35.5. The number of halogens is 1. The Morgan fingerprint density at radius 2 is 1.67 bits per heavy atom. The molecule has 0 fully saturated rings. The van der Waals surface area contributed by atoms with E-state index in [1.165, 1.54) is 16.7 Å². The molecule has 0 saturated heterocycles. The SMILES string of the molecule is Cc1cc(C)cc(CNc2cccc(Cl)c2C)c1. The van der Waals surface area contributed by atoms with Crippen molar-refractivity contribution in [3.8, 4) is 0 Å². The van der Waals surface area contributed by atoms with Crippen LogP contribution in [0, 0.1) is 20.8 Å². The predicted octanol–water partition coefficient (Wildman–Crippen LogP) is 4.88. The summed E-state index contributed by atoms with van der Waals surface area (Å²) < 4.78 is 0. The maximum absolute atomic E-state index is 6.11. The predicted molar refractivity (Wildman–Crippen MR) is 79.4 cm³/mol. The first kappa shape index (κ1) is 13.0. The number of anilines is 1. The Morgan fingerprint density at radius 3 is 2.33 bits per heavy atom. The molecule has 0 radical (unpaired) electrons. The zero-order valence-corrected chi connectivity index (χ0v) is 11.8. The molecular formula is C16H18ClN. The normalized spacial score (nSPS) is 10.4. The van der Waals surface area contributed by atoms with Crippen molar-refractivity contribution in [3.63, 3.8) is 0 Å². The number of aryl methyl sites for hydroxylation is 2. The summed E-state index contributed by atoms with van der Waals surface area (Å²) in [4.78, 5) is 0. The lowest BCUT2D eigenvalue weighted by Gasteiger charge is -2.11. The van der Waals surface area contributed by atoms with Crippen LogP contribution in [0.1, 0.15) is 22.3 Å². The monoisotopic (exact) mass is 259 g/mol. The third-order valence-corrected chi connectivity index (χ3v) is 3.44. The van der Waals surface area contributed by atoms with Gasteiger partial charge in [0.15, 0.2) is 0 Å². The van der Waals surface area contributed by atoms with Crippen LogP contribution >= 0.6 is 11.6 Å². The quantitative estimate of drug-likeness (QED) is 0.829. The molecule has 1 nitrogen and oxygen atoms in total. The summed E-state index contributed by atoms with van der Waals surface area (Å²) >= 11 is 6.11. The van der Waals surface area contributed by atoms with E-state index in [2.05, 4.69) is 43.4 Å². The molecule has 0 bridgehead atoms. The Bertz CT molecular complexity index is 541. The van der Waals surface area contributed by atoms with E-state index in [0.29, 0.717) is 0 Å². The van der Waals surface area contributed by atoms with E-state index in [4.69, 9.17) is 11.6 Å². The summed E-state index contributed by atoms with van der Waals surface area (Å²) in [6.45, 7) is 7.11. The molecule has 18 heavy (non-hydrogen) atoms. The summed E-state index contributed by atoms with van der Waals surface area (Å²) in [5.41, 5.74) is 6.10. The van der Waals surface area contributed by atoms with Gasteiger partial charge in [-0.25, -0.2) is 0 Å². The molecule has 0 aliphatic heterocycles. The number of hydrogen-bond acceptors (Lipinski definition) is 1. The molecule has 0 heterocycles. The minimum absolute atomic E-state index is 0.806. The van der Waals surface area contributed by atoms with Gasteiger partial charge in [-0.2, -0.15) is 0 Å². The van der Waals surface area contributed by atoms with E-state index in [-0.39, 0.29) is 0 Å². The van der Waals surface area contributed by atoms with Gasteiger partial charge < -0.3 is 5.32 Å². The van der Waals surface area contributed by atoms with Crippen LogP contribution < -0.4 is 5.32 Å². The summed E-state index contributed by atoms with van der Waals surface area (Å²) in [6.07, 6.45) is 0. The number of nitrogens with one attached hydrogen (secondary N) is 1. The molecule has 0 atom stereocenters. The summed E-state index contributed by atoms with van der Waals surface area (Å²) in [5, 5.41) is 4.25.